The lowest BCUT2D eigenvalue weighted by Gasteiger charge is -2.07. The molecule has 0 unspecified atom stereocenters. The minimum absolute atomic E-state index is 0.199. The Morgan fingerprint density at radius 3 is 2.89 bits per heavy atom. The zero-order valence-corrected chi connectivity index (χ0v) is 12.5. The molecule has 3 nitrogen and oxygen atoms in total. The van der Waals surface area contributed by atoms with E-state index in [1.807, 2.05) is 6.07 Å². The first kappa shape index (κ1) is 13.4. The topological polar surface area (TPSA) is 37.8 Å². The van der Waals surface area contributed by atoms with E-state index in [-0.39, 0.29) is 5.13 Å². The Balaban J connectivity index is 2.06. The average Bonchev–Trinajstić information content (AvgIpc) is 2.65. The van der Waals surface area contributed by atoms with E-state index in [0.29, 0.717) is 18.4 Å². The molecule has 2 aromatic heterocycles. The second kappa shape index (κ2) is 5.75. The molecule has 0 bridgehead atoms. The van der Waals surface area contributed by atoms with Crippen LogP contribution in [0.2, 0.25) is 0 Å². The number of nitrogens with one attached hydrogen (secondary N) is 1. The summed E-state index contributed by atoms with van der Waals surface area (Å²) >= 11 is 4.41. The summed E-state index contributed by atoms with van der Waals surface area (Å²) in [5.74, 6) is 0.929. The largest absolute Gasteiger partial charge is 0.350 e. The van der Waals surface area contributed by atoms with E-state index < -0.39 is 0 Å². The van der Waals surface area contributed by atoms with Crippen molar-refractivity contribution >= 4 is 33.2 Å². The number of aromatic nitrogens is 2. The van der Waals surface area contributed by atoms with Crippen molar-refractivity contribution in [2.24, 2.45) is 0 Å². The van der Waals surface area contributed by atoms with Gasteiger partial charge in [0.05, 0.1) is 3.79 Å². The van der Waals surface area contributed by atoms with Crippen LogP contribution in [0.4, 0.5) is 10.3 Å². The molecule has 18 heavy (non-hydrogen) atoms. The van der Waals surface area contributed by atoms with Gasteiger partial charge in [0, 0.05) is 18.4 Å². The van der Waals surface area contributed by atoms with E-state index in [0.717, 1.165) is 26.4 Å². The number of halogens is 2. The molecule has 0 saturated carbocycles. The fourth-order valence-corrected chi connectivity index (χ4v) is 2.80. The number of rotatable bonds is 4. The molecule has 0 radical (unpaired) electrons. The third kappa shape index (κ3) is 3.26. The van der Waals surface area contributed by atoms with Gasteiger partial charge >= 0.3 is 0 Å². The lowest BCUT2D eigenvalue weighted by molar-refractivity contribution is 0.656. The van der Waals surface area contributed by atoms with Gasteiger partial charge in [0.25, 0.3) is 0 Å². The third-order valence-corrected chi connectivity index (χ3v) is 4.18. The van der Waals surface area contributed by atoms with Gasteiger partial charge in [-0.1, -0.05) is 25.2 Å². The molecule has 0 atom stereocenters. The predicted octanol–water partition coefficient (Wildman–Crippen LogP) is 4.18. The van der Waals surface area contributed by atoms with Crippen molar-refractivity contribution in [3.05, 3.63) is 38.5 Å². The molecule has 96 valence electrons. The molecular formula is C12H13BrFN3S. The summed E-state index contributed by atoms with van der Waals surface area (Å²) in [6.07, 6.45) is 1.73. The van der Waals surface area contributed by atoms with Crippen molar-refractivity contribution < 1.29 is 4.39 Å². The van der Waals surface area contributed by atoms with Gasteiger partial charge in [-0.15, -0.1) is 0 Å². The van der Waals surface area contributed by atoms with Crippen molar-refractivity contribution in [3.8, 4) is 0 Å². The second-order valence-corrected chi connectivity index (χ2v) is 6.48. The van der Waals surface area contributed by atoms with Crippen LogP contribution in [0.1, 0.15) is 31.0 Å². The van der Waals surface area contributed by atoms with Gasteiger partial charge < -0.3 is 5.32 Å². The van der Waals surface area contributed by atoms with Crippen LogP contribution in [0.3, 0.4) is 0 Å². The van der Waals surface area contributed by atoms with Gasteiger partial charge in [-0.3, -0.25) is 0 Å². The number of nitrogens with zero attached hydrogens (tertiary/aromatic N) is 2. The summed E-state index contributed by atoms with van der Waals surface area (Å²) in [6, 6.07) is 3.41. The van der Waals surface area contributed by atoms with Crippen LogP contribution in [0.15, 0.2) is 22.1 Å². The lowest BCUT2D eigenvalue weighted by Crippen LogP contribution is -2.05. The molecule has 0 aliphatic heterocycles. The molecule has 0 aliphatic carbocycles. The first-order valence-corrected chi connectivity index (χ1v) is 7.17. The smallest absolute Gasteiger partial charge is 0.223 e. The van der Waals surface area contributed by atoms with Crippen LogP contribution >= 0.6 is 27.3 Å². The summed E-state index contributed by atoms with van der Waals surface area (Å²) in [6.45, 7) is 4.66. The van der Waals surface area contributed by atoms with E-state index in [9.17, 15) is 4.39 Å². The molecule has 0 aliphatic rings. The summed E-state index contributed by atoms with van der Waals surface area (Å²) in [4.78, 5) is 8.54. The molecule has 2 heterocycles. The molecule has 6 heteroatoms. The van der Waals surface area contributed by atoms with Crippen LogP contribution in [0.5, 0.6) is 0 Å². The molecule has 0 amide bonds. The number of hydrogen-bond acceptors (Lipinski definition) is 4. The minimum Gasteiger partial charge on any atom is -0.350 e. The van der Waals surface area contributed by atoms with Gasteiger partial charge in [-0.2, -0.15) is 4.39 Å². The first-order valence-electron chi connectivity index (χ1n) is 5.57. The van der Waals surface area contributed by atoms with Crippen LogP contribution in [-0.4, -0.2) is 9.97 Å². The SMILES string of the molecule is CC(C)c1ccnc(NCc2cc(F)sc2Br)n1. The Kier molecular flexibility index (Phi) is 4.29. The summed E-state index contributed by atoms with van der Waals surface area (Å²) in [5.41, 5.74) is 1.86. The molecule has 2 rings (SSSR count). The van der Waals surface area contributed by atoms with Crippen LogP contribution in [0.25, 0.3) is 0 Å². The summed E-state index contributed by atoms with van der Waals surface area (Å²) in [7, 11) is 0. The number of anilines is 1. The molecule has 0 fully saturated rings. The van der Waals surface area contributed by atoms with E-state index in [1.54, 1.807) is 6.20 Å². The lowest BCUT2D eigenvalue weighted by atomic mass is 10.1. The molecule has 0 spiro atoms. The molecule has 2 aromatic rings. The van der Waals surface area contributed by atoms with Gasteiger partial charge in [-0.25, -0.2) is 9.97 Å². The zero-order valence-electron chi connectivity index (χ0n) is 10.1. The number of thiophene rings is 1. The predicted molar refractivity (Wildman–Crippen MR) is 75.4 cm³/mol. The molecular weight excluding hydrogens is 317 g/mol. The van der Waals surface area contributed by atoms with Gasteiger partial charge in [0.1, 0.15) is 0 Å². The van der Waals surface area contributed by atoms with Crippen molar-refractivity contribution in [2.75, 3.05) is 5.32 Å². The summed E-state index contributed by atoms with van der Waals surface area (Å²) in [5, 5.41) is 2.90. The summed E-state index contributed by atoms with van der Waals surface area (Å²) < 4.78 is 13.8. The number of hydrogen-bond donors (Lipinski definition) is 1. The third-order valence-electron chi connectivity index (χ3n) is 2.43. The highest BCUT2D eigenvalue weighted by Gasteiger charge is 2.07. The Morgan fingerprint density at radius 2 is 2.28 bits per heavy atom. The Morgan fingerprint density at radius 1 is 1.50 bits per heavy atom. The quantitative estimate of drug-likeness (QED) is 0.914. The van der Waals surface area contributed by atoms with Crippen molar-refractivity contribution in [1.82, 2.24) is 9.97 Å². The van der Waals surface area contributed by atoms with E-state index in [2.05, 4.69) is 45.1 Å². The normalized spacial score (nSPS) is 10.9. The highest BCUT2D eigenvalue weighted by Crippen LogP contribution is 2.27. The van der Waals surface area contributed by atoms with Crippen LogP contribution < -0.4 is 5.32 Å². The second-order valence-electron chi connectivity index (χ2n) is 4.16. The van der Waals surface area contributed by atoms with E-state index in [1.165, 1.54) is 6.07 Å². The van der Waals surface area contributed by atoms with Crippen LogP contribution in [0, 0.1) is 5.13 Å². The standard InChI is InChI=1S/C12H13BrFN3S/c1-7(2)9-3-4-15-12(17-9)16-6-8-5-10(14)18-11(8)13/h3-5,7H,6H2,1-2H3,(H,15,16,17). The Labute approximate surface area is 118 Å². The molecule has 0 aromatic carbocycles. The van der Waals surface area contributed by atoms with Crippen molar-refractivity contribution in [3.63, 3.8) is 0 Å². The fraction of sp³-hybridized carbons (Fsp3) is 0.333. The minimum atomic E-state index is -0.199. The highest BCUT2D eigenvalue weighted by molar-refractivity contribution is 9.11. The van der Waals surface area contributed by atoms with Gasteiger partial charge in [0.2, 0.25) is 5.95 Å². The van der Waals surface area contributed by atoms with E-state index >= 15 is 0 Å². The monoisotopic (exact) mass is 329 g/mol. The highest BCUT2D eigenvalue weighted by atomic mass is 79.9. The zero-order chi connectivity index (χ0) is 13.1. The van der Waals surface area contributed by atoms with Crippen molar-refractivity contribution in [1.29, 1.82) is 0 Å². The maximum absolute atomic E-state index is 13.0. The van der Waals surface area contributed by atoms with Crippen LogP contribution in [-0.2, 0) is 6.54 Å². The van der Waals surface area contributed by atoms with Gasteiger partial charge in [0.15, 0.2) is 5.13 Å². The first-order chi connectivity index (χ1) is 8.56. The van der Waals surface area contributed by atoms with Gasteiger partial charge in [-0.05, 0) is 39.5 Å². The average molecular weight is 330 g/mol. The maximum atomic E-state index is 13.0. The maximum Gasteiger partial charge on any atom is 0.223 e. The molecule has 0 saturated heterocycles. The fourth-order valence-electron chi connectivity index (χ4n) is 1.45. The van der Waals surface area contributed by atoms with E-state index in [4.69, 9.17) is 0 Å². The Bertz CT molecular complexity index is 542. The van der Waals surface area contributed by atoms with Crippen molar-refractivity contribution in [2.45, 2.75) is 26.3 Å². The molecule has 1 N–H and O–H groups in total. The Hall–Kier alpha value is -1.01.